The summed E-state index contributed by atoms with van der Waals surface area (Å²) < 4.78 is 16.0. The van der Waals surface area contributed by atoms with Gasteiger partial charge in [-0.25, -0.2) is 0 Å². The van der Waals surface area contributed by atoms with Gasteiger partial charge >= 0.3 is 0 Å². The molecule has 2 N–H and O–H groups in total. The van der Waals surface area contributed by atoms with E-state index in [1.165, 1.54) is 40.2 Å². The number of aryl methyl sites for hydroxylation is 2. The summed E-state index contributed by atoms with van der Waals surface area (Å²) in [6.07, 6.45) is 2.67. The molecule has 1 heterocycles. The van der Waals surface area contributed by atoms with Gasteiger partial charge in [-0.1, -0.05) is 0 Å². The van der Waals surface area contributed by atoms with E-state index in [1.54, 1.807) is 6.07 Å². The molecule has 0 atom stereocenters. The highest BCUT2D eigenvalue weighted by Crippen LogP contribution is 2.30. The third-order valence-electron chi connectivity index (χ3n) is 4.51. The lowest BCUT2D eigenvalue weighted by molar-refractivity contribution is -0.128. The Morgan fingerprint density at radius 2 is 1.93 bits per heavy atom. The summed E-state index contributed by atoms with van der Waals surface area (Å²) in [5.74, 6) is 0.0137. The lowest BCUT2D eigenvalue weighted by atomic mass is 10.0. The predicted molar refractivity (Wildman–Crippen MR) is 108 cm³/mol. The Labute approximate surface area is 163 Å². The van der Waals surface area contributed by atoms with Crippen molar-refractivity contribution in [3.05, 3.63) is 39.2 Å². The molecule has 1 aromatic carbocycles. The van der Waals surface area contributed by atoms with Crippen LogP contribution in [0.2, 0.25) is 0 Å². The molecule has 0 bridgehead atoms. The molecule has 0 aliphatic carbocycles. The molecule has 7 heteroatoms. The molecule has 0 amide bonds. The van der Waals surface area contributed by atoms with Crippen LogP contribution in [0, 0.1) is 13.8 Å². The standard InChI is InChI=1S/C21H27NO6/c1-12-11-15(27-6)17-18(13(12)2)22-14(7-8-16(23)21(3,4)25)20(19(17)24)28-10-9-26-5/h7-8,11,25H,9-10H2,1-6H3,(H,22,24). The molecule has 152 valence electrons. The van der Waals surface area contributed by atoms with Crippen molar-refractivity contribution in [3.63, 3.8) is 0 Å². The van der Waals surface area contributed by atoms with Crippen LogP contribution in [0.4, 0.5) is 0 Å². The summed E-state index contributed by atoms with van der Waals surface area (Å²) in [6, 6.07) is 1.80. The summed E-state index contributed by atoms with van der Waals surface area (Å²) >= 11 is 0. The molecule has 0 aliphatic rings. The largest absolute Gasteiger partial charge is 0.496 e. The van der Waals surface area contributed by atoms with E-state index in [9.17, 15) is 14.7 Å². The van der Waals surface area contributed by atoms with Gasteiger partial charge in [0.15, 0.2) is 11.5 Å². The second kappa shape index (κ2) is 8.58. The lowest BCUT2D eigenvalue weighted by Gasteiger charge is -2.15. The number of ether oxygens (including phenoxy) is 3. The zero-order chi connectivity index (χ0) is 21.1. The van der Waals surface area contributed by atoms with Crippen molar-refractivity contribution in [2.75, 3.05) is 27.4 Å². The molecular weight excluding hydrogens is 362 g/mol. The monoisotopic (exact) mass is 389 g/mol. The van der Waals surface area contributed by atoms with Crippen LogP contribution in [0.25, 0.3) is 17.0 Å². The Kier molecular flexibility index (Phi) is 6.64. The third-order valence-corrected chi connectivity index (χ3v) is 4.51. The van der Waals surface area contributed by atoms with Crippen LogP contribution in [0.3, 0.4) is 0 Å². The van der Waals surface area contributed by atoms with Gasteiger partial charge in [0.2, 0.25) is 5.43 Å². The summed E-state index contributed by atoms with van der Waals surface area (Å²) in [5.41, 5.74) is 0.925. The number of carbonyl (C=O) groups excluding carboxylic acids is 1. The maximum atomic E-state index is 13.2. The number of ketones is 1. The van der Waals surface area contributed by atoms with E-state index in [2.05, 4.69) is 4.98 Å². The van der Waals surface area contributed by atoms with Gasteiger partial charge in [-0.15, -0.1) is 0 Å². The van der Waals surface area contributed by atoms with Gasteiger partial charge in [-0.3, -0.25) is 9.59 Å². The van der Waals surface area contributed by atoms with Crippen molar-refractivity contribution in [1.29, 1.82) is 0 Å². The SMILES string of the molecule is COCCOc1c(C=CC(=O)C(C)(C)O)[nH]c2c(C)c(C)cc(OC)c2c1=O. The molecule has 1 aromatic heterocycles. The Balaban J connectivity index is 2.74. The van der Waals surface area contributed by atoms with E-state index in [0.29, 0.717) is 29.0 Å². The lowest BCUT2D eigenvalue weighted by Crippen LogP contribution is -2.29. The molecule has 2 aromatic rings. The molecule has 0 saturated heterocycles. The highest BCUT2D eigenvalue weighted by molar-refractivity contribution is 6.00. The van der Waals surface area contributed by atoms with Crippen LogP contribution in [-0.4, -0.2) is 48.9 Å². The van der Waals surface area contributed by atoms with Crippen LogP contribution in [0.15, 0.2) is 16.9 Å². The first-order valence-corrected chi connectivity index (χ1v) is 8.92. The Hall–Kier alpha value is -2.64. The van der Waals surface area contributed by atoms with Crippen LogP contribution >= 0.6 is 0 Å². The van der Waals surface area contributed by atoms with Crippen LogP contribution in [0.1, 0.15) is 30.7 Å². The molecule has 0 radical (unpaired) electrons. The quantitative estimate of drug-likeness (QED) is 0.532. The number of aliphatic hydroxyl groups is 1. The minimum absolute atomic E-state index is 0.0610. The number of aromatic nitrogens is 1. The Bertz CT molecular complexity index is 966. The second-order valence-corrected chi connectivity index (χ2v) is 7.07. The van der Waals surface area contributed by atoms with Gasteiger partial charge in [0, 0.05) is 7.11 Å². The van der Waals surface area contributed by atoms with Crippen molar-refractivity contribution in [1.82, 2.24) is 4.98 Å². The van der Waals surface area contributed by atoms with Crippen LogP contribution in [0.5, 0.6) is 11.5 Å². The smallest absolute Gasteiger partial charge is 0.235 e. The average Bonchev–Trinajstić information content (AvgIpc) is 2.63. The number of hydrogen-bond donors (Lipinski definition) is 2. The Morgan fingerprint density at radius 3 is 2.50 bits per heavy atom. The zero-order valence-corrected chi connectivity index (χ0v) is 17.1. The Morgan fingerprint density at radius 1 is 1.25 bits per heavy atom. The fraction of sp³-hybridized carbons (Fsp3) is 0.429. The molecule has 0 saturated carbocycles. The first kappa shape index (κ1) is 21.7. The number of rotatable bonds is 8. The topological polar surface area (TPSA) is 97.9 Å². The van der Waals surface area contributed by atoms with E-state index in [-0.39, 0.29) is 17.8 Å². The van der Waals surface area contributed by atoms with Gasteiger partial charge in [0.1, 0.15) is 18.0 Å². The fourth-order valence-corrected chi connectivity index (χ4v) is 2.71. The summed E-state index contributed by atoms with van der Waals surface area (Å²) in [7, 11) is 3.04. The normalized spacial score (nSPS) is 12.0. The predicted octanol–water partition coefficient (Wildman–Crippen LogP) is 2.53. The number of fused-ring (bicyclic) bond motifs is 1. The second-order valence-electron chi connectivity index (χ2n) is 7.07. The van der Waals surface area contributed by atoms with Gasteiger partial charge in [-0.2, -0.15) is 0 Å². The minimum atomic E-state index is -1.51. The van der Waals surface area contributed by atoms with Crippen molar-refractivity contribution in [2.24, 2.45) is 0 Å². The van der Waals surface area contributed by atoms with Crippen molar-refractivity contribution in [2.45, 2.75) is 33.3 Å². The molecule has 0 aliphatic heterocycles. The number of benzene rings is 1. The molecule has 0 unspecified atom stereocenters. The summed E-state index contributed by atoms with van der Waals surface area (Å²) in [6.45, 7) is 7.08. The molecule has 2 rings (SSSR count). The van der Waals surface area contributed by atoms with Gasteiger partial charge in [-0.05, 0) is 57.0 Å². The van der Waals surface area contributed by atoms with Crippen LogP contribution in [-0.2, 0) is 9.53 Å². The molecule has 28 heavy (non-hydrogen) atoms. The highest BCUT2D eigenvalue weighted by atomic mass is 16.5. The van der Waals surface area contributed by atoms with Gasteiger partial charge < -0.3 is 24.3 Å². The number of aromatic amines is 1. The van der Waals surface area contributed by atoms with Crippen LogP contribution < -0.4 is 14.9 Å². The van der Waals surface area contributed by atoms with Gasteiger partial charge in [0.05, 0.1) is 30.3 Å². The maximum absolute atomic E-state index is 13.2. The highest BCUT2D eigenvalue weighted by Gasteiger charge is 2.22. The molecule has 0 fully saturated rings. The first-order valence-electron chi connectivity index (χ1n) is 8.92. The first-order chi connectivity index (χ1) is 13.1. The number of carbonyl (C=O) groups is 1. The molecule has 7 nitrogen and oxygen atoms in total. The van der Waals surface area contributed by atoms with Crippen molar-refractivity contribution >= 4 is 22.8 Å². The maximum Gasteiger partial charge on any atom is 0.235 e. The fourth-order valence-electron chi connectivity index (χ4n) is 2.71. The van der Waals surface area contributed by atoms with Gasteiger partial charge in [0.25, 0.3) is 0 Å². The zero-order valence-electron chi connectivity index (χ0n) is 17.1. The number of hydrogen-bond acceptors (Lipinski definition) is 6. The average molecular weight is 389 g/mol. The molecular formula is C21H27NO6. The number of H-pyrrole nitrogens is 1. The minimum Gasteiger partial charge on any atom is -0.496 e. The van der Waals surface area contributed by atoms with E-state index >= 15 is 0 Å². The number of nitrogens with one attached hydrogen (secondary N) is 1. The van der Waals surface area contributed by atoms with E-state index in [4.69, 9.17) is 14.2 Å². The molecule has 0 spiro atoms. The van der Waals surface area contributed by atoms with E-state index < -0.39 is 11.4 Å². The van der Waals surface area contributed by atoms with Crippen molar-refractivity contribution < 1.29 is 24.1 Å². The van der Waals surface area contributed by atoms with Crippen molar-refractivity contribution in [3.8, 4) is 11.5 Å². The van der Waals surface area contributed by atoms with E-state index in [1.807, 2.05) is 13.8 Å². The summed E-state index contributed by atoms with van der Waals surface area (Å²) in [4.78, 5) is 28.5. The number of methoxy groups -OCH3 is 2. The third kappa shape index (κ3) is 4.43. The number of pyridine rings is 1. The van der Waals surface area contributed by atoms with E-state index in [0.717, 1.165) is 11.1 Å². The summed E-state index contributed by atoms with van der Waals surface area (Å²) in [5, 5.41) is 10.2.